The molecule has 168 valence electrons. The fourth-order valence-corrected chi connectivity index (χ4v) is 2.52. The van der Waals surface area contributed by atoms with E-state index >= 15 is 0 Å². The van der Waals surface area contributed by atoms with Crippen LogP contribution in [0.2, 0.25) is 0 Å². The second kappa shape index (κ2) is 13.9. The molecular weight excluding hydrogens is 382 g/mol. The molecule has 11 nitrogen and oxygen atoms in total. The van der Waals surface area contributed by atoms with Crippen molar-refractivity contribution < 1.29 is 29.4 Å². The van der Waals surface area contributed by atoms with Gasteiger partial charge in [0.05, 0.1) is 18.7 Å². The maximum Gasteiger partial charge on any atom is 0.326 e. The lowest BCUT2D eigenvalue weighted by atomic mass is 10.0. The van der Waals surface area contributed by atoms with Crippen molar-refractivity contribution in [3.63, 3.8) is 0 Å². The lowest BCUT2D eigenvalue weighted by Crippen LogP contribution is -2.57. The van der Waals surface area contributed by atoms with Crippen LogP contribution in [0.5, 0.6) is 0 Å². The van der Waals surface area contributed by atoms with Crippen molar-refractivity contribution in [3.05, 3.63) is 0 Å². The maximum absolute atomic E-state index is 12.3. The summed E-state index contributed by atoms with van der Waals surface area (Å²) in [7, 11) is 0. The van der Waals surface area contributed by atoms with E-state index in [2.05, 4.69) is 16.0 Å². The van der Waals surface area contributed by atoms with E-state index in [4.69, 9.17) is 11.5 Å². The summed E-state index contributed by atoms with van der Waals surface area (Å²) >= 11 is 0. The topological polar surface area (TPSA) is 197 Å². The first-order valence-corrected chi connectivity index (χ1v) is 9.73. The zero-order valence-electron chi connectivity index (χ0n) is 17.3. The summed E-state index contributed by atoms with van der Waals surface area (Å²) in [6, 6.07) is -3.30. The number of carboxylic acid groups (broad SMARTS) is 1. The zero-order chi connectivity index (χ0) is 22.6. The van der Waals surface area contributed by atoms with Crippen molar-refractivity contribution in [2.75, 3.05) is 13.1 Å². The van der Waals surface area contributed by atoms with Crippen molar-refractivity contribution in [1.29, 1.82) is 0 Å². The van der Waals surface area contributed by atoms with E-state index in [-0.39, 0.29) is 12.3 Å². The van der Waals surface area contributed by atoms with Gasteiger partial charge < -0.3 is 37.6 Å². The Morgan fingerprint density at radius 1 is 1.00 bits per heavy atom. The van der Waals surface area contributed by atoms with Crippen LogP contribution in [0.15, 0.2) is 0 Å². The number of carboxylic acids is 1. The first-order valence-electron chi connectivity index (χ1n) is 9.73. The van der Waals surface area contributed by atoms with E-state index in [1.54, 1.807) is 13.8 Å². The Bertz CT molecular complexity index is 555. The normalized spacial score (nSPS) is 15.1. The van der Waals surface area contributed by atoms with Crippen LogP contribution in [0.1, 0.15) is 46.5 Å². The molecule has 0 aliphatic carbocycles. The van der Waals surface area contributed by atoms with Gasteiger partial charge in [0.2, 0.25) is 17.7 Å². The number of hydrogen-bond acceptors (Lipinski definition) is 7. The van der Waals surface area contributed by atoms with Gasteiger partial charge in [-0.3, -0.25) is 14.4 Å². The molecule has 0 heterocycles. The summed E-state index contributed by atoms with van der Waals surface area (Å²) in [5.41, 5.74) is 11.1. The van der Waals surface area contributed by atoms with Gasteiger partial charge in [0.15, 0.2) is 0 Å². The Kier molecular flexibility index (Phi) is 12.8. The largest absolute Gasteiger partial charge is 0.480 e. The molecule has 0 radical (unpaired) electrons. The molecule has 0 rings (SSSR count). The van der Waals surface area contributed by atoms with Crippen LogP contribution < -0.4 is 27.4 Å². The molecule has 0 aromatic rings. The first-order chi connectivity index (χ1) is 13.5. The Morgan fingerprint density at radius 3 is 2.10 bits per heavy atom. The Morgan fingerprint density at radius 2 is 1.62 bits per heavy atom. The quantitative estimate of drug-likeness (QED) is 0.158. The number of rotatable bonds is 14. The predicted octanol–water partition coefficient (Wildman–Crippen LogP) is -1.96. The average molecular weight is 418 g/mol. The molecule has 0 aliphatic rings. The number of hydrogen-bond donors (Lipinski definition) is 7. The molecule has 4 atom stereocenters. The molecule has 0 fully saturated rings. The molecule has 3 amide bonds. The highest BCUT2D eigenvalue weighted by Crippen LogP contribution is 2.06. The predicted molar refractivity (Wildman–Crippen MR) is 107 cm³/mol. The number of aliphatic hydroxyl groups is 1. The van der Waals surface area contributed by atoms with E-state index in [1.165, 1.54) is 6.92 Å². The van der Waals surface area contributed by atoms with Crippen LogP contribution in [-0.4, -0.2) is 71.2 Å². The zero-order valence-corrected chi connectivity index (χ0v) is 17.3. The van der Waals surface area contributed by atoms with Crippen molar-refractivity contribution in [2.45, 2.75) is 70.7 Å². The number of nitrogens with one attached hydrogen (secondary N) is 3. The summed E-state index contributed by atoms with van der Waals surface area (Å²) in [6.45, 7) is 4.96. The van der Waals surface area contributed by atoms with Gasteiger partial charge in [-0.1, -0.05) is 20.3 Å². The Hall–Kier alpha value is -2.24. The minimum Gasteiger partial charge on any atom is -0.480 e. The summed E-state index contributed by atoms with van der Waals surface area (Å²) < 4.78 is 0. The minimum absolute atomic E-state index is 0.0141. The highest BCUT2D eigenvalue weighted by atomic mass is 16.4. The van der Waals surface area contributed by atoms with E-state index in [0.717, 1.165) is 6.42 Å². The molecule has 29 heavy (non-hydrogen) atoms. The standard InChI is InChI=1S/C18H35N5O6/c1-10(2)8-13(18(28)29)22-17(27)15(11(3)24)23-14(25)9-21-16(26)12(20)6-4-5-7-19/h10-13,15,24H,4-9,19-20H2,1-3H3,(H,21,26)(H,22,27)(H,23,25)(H,28,29). The number of nitrogens with two attached hydrogens (primary N) is 2. The highest BCUT2D eigenvalue weighted by Gasteiger charge is 2.30. The van der Waals surface area contributed by atoms with Gasteiger partial charge in [-0.05, 0) is 38.6 Å². The van der Waals surface area contributed by atoms with Crippen LogP contribution in [0.3, 0.4) is 0 Å². The molecule has 0 saturated carbocycles. The molecule has 0 aromatic heterocycles. The molecule has 0 spiro atoms. The SMILES string of the molecule is CC(C)CC(NC(=O)C(NC(=O)CNC(=O)C(N)CCCCN)C(C)O)C(=O)O. The first kappa shape index (κ1) is 26.8. The average Bonchev–Trinajstić information content (AvgIpc) is 2.62. The summed E-state index contributed by atoms with van der Waals surface area (Å²) in [5.74, 6) is -3.26. The fourth-order valence-electron chi connectivity index (χ4n) is 2.52. The maximum atomic E-state index is 12.3. The number of carbonyl (C=O) groups excluding carboxylic acids is 3. The highest BCUT2D eigenvalue weighted by molar-refractivity contribution is 5.92. The minimum atomic E-state index is -1.37. The lowest BCUT2D eigenvalue weighted by Gasteiger charge is -2.24. The van der Waals surface area contributed by atoms with Crippen LogP contribution in [0, 0.1) is 5.92 Å². The van der Waals surface area contributed by atoms with Crippen LogP contribution in [0.4, 0.5) is 0 Å². The molecule has 4 unspecified atom stereocenters. The lowest BCUT2D eigenvalue weighted by molar-refractivity contribution is -0.143. The van der Waals surface area contributed by atoms with Crippen molar-refractivity contribution >= 4 is 23.7 Å². The summed E-state index contributed by atoms with van der Waals surface area (Å²) in [6.07, 6.45) is 0.764. The number of carbonyl (C=O) groups is 4. The van der Waals surface area contributed by atoms with Gasteiger partial charge in [-0.25, -0.2) is 4.79 Å². The van der Waals surface area contributed by atoms with Gasteiger partial charge in [0, 0.05) is 0 Å². The van der Waals surface area contributed by atoms with Gasteiger partial charge in [-0.15, -0.1) is 0 Å². The fraction of sp³-hybridized carbons (Fsp3) is 0.778. The third-order valence-electron chi connectivity index (χ3n) is 4.13. The second-order valence-electron chi connectivity index (χ2n) is 7.42. The van der Waals surface area contributed by atoms with Gasteiger partial charge >= 0.3 is 5.97 Å². The number of amides is 3. The Labute approximate surface area is 171 Å². The van der Waals surface area contributed by atoms with Crippen LogP contribution >= 0.6 is 0 Å². The monoisotopic (exact) mass is 417 g/mol. The second-order valence-corrected chi connectivity index (χ2v) is 7.42. The van der Waals surface area contributed by atoms with Crippen LogP contribution in [-0.2, 0) is 19.2 Å². The van der Waals surface area contributed by atoms with Gasteiger partial charge in [0.1, 0.15) is 12.1 Å². The molecule has 0 saturated heterocycles. The molecule has 0 aromatic carbocycles. The van der Waals surface area contributed by atoms with E-state index in [1.807, 2.05) is 0 Å². The third-order valence-corrected chi connectivity index (χ3v) is 4.13. The van der Waals surface area contributed by atoms with E-state index < -0.39 is 54.5 Å². The summed E-state index contributed by atoms with van der Waals surface area (Å²) in [4.78, 5) is 47.6. The smallest absolute Gasteiger partial charge is 0.326 e. The Balaban J connectivity index is 4.70. The summed E-state index contributed by atoms with van der Waals surface area (Å²) in [5, 5.41) is 26.0. The number of unbranched alkanes of at least 4 members (excludes halogenated alkanes) is 1. The molecule has 9 N–H and O–H groups in total. The van der Waals surface area contributed by atoms with Crippen molar-refractivity contribution in [1.82, 2.24) is 16.0 Å². The number of aliphatic hydroxyl groups excluding tert-OH is 1. The molecule has 11 heteroatoms. The third kappa shape index (κ3) is 11.4. The van der Waals surface area contributed by atoms with Gasteiger partial charge in [0.25, 0.3) is 0 Å². The molecule has 0 bridgehead atoms. The van der Waals surface area contributed by atoms with Crippen molar-refractivity contribution in [2.24, 2.45) is 17.4 Å². The van der Waals surface area contributed by atoms with Crippen LogP contribution in [0.25, 0.3) is 0 Å². The number of aliphatic carboxylic acids is 1. The van der Waals surface area contributed by atoms with E-state index in [9.17, 15) is 29.4 Å². The van der Waals surface area contributed by atoms with E-state index in [0.29, 0.717) is 19.4 Å². The van der Waals surface area contributed by atoms with Crippen molar-refractivity contribution in [3.8, 4) is 0 Å². The van der Waals surface area contributed by atoms with Gasteiger partial charge in [-0.2, -0.15) is 0 Å². The molecule has 0 aliphatic heterocycles. The molecular formula is C18H35N5O6.